The van der Waals surface area contributed by atoms with E-state index in [0.29, 0.717) is 38.2 Å². The zero-order chi connectivity index (χ0) is 29.7. The van der Waals surface area contributed by atoms with E-state index in [1.54, 1.807) is 14.0 Å². The summed E-state index contributed by atoms with van der Waals surface area (Å²) in [6, 6.07) is 4.14. The Morgan fingerprint density at radius 3 is 2.51 bits per heavy atom. The number of ether oxygens (including phenoxy) is 2. The molecule has 12 heteroatoms. The molecule has 3 aliphatic heterocycles. The molecule has 0 saturated carbocycles. The summed E-state index contributed by atoms with van der Waals surface area (Å²) in [6.45, 7) is 14.4. The SMILES string of the molecule is CC(C)(C)OC(=O)N1CC(Nc2ccc3c4c2CCCn4c(=O)n3C2CCC(=O)N(COCC[Si](C)(C)C)C2=O)C1. The zero-order valence-electron chi connectivity index (χ0n) is 25.1. The topological polar surface area (TPSA) is 115 Å². The molecule has 1 atom stereocenters. The van der Waals surface area contributed by atoms with Crippen LogP contribution in [0.5, 0.6) is 0 Å². The van der Waals surface area contributed by atoms with Gasteiger partial charge in [0.15, 0.2) is 0 Å². The third-order valence-electron chi connectivity index (χ3n) is 7.94. The highest BCUT2D eigenvalue weighted by molar-refractivity contribution is 6.76. The molecule has 2 fully saturated rings. The maximum absolute atomic E-state index is 13.7. The van der Waals surface area contributed by atoms with Crippen LogP contribution in [0.4, 0.5) is 10.5 Å². The first-order valence-corrected chi connectivity index (χ1v) is 18.4. The smallest absolute Gasteiger partial charge is 0.410 e. The van der Waals surface area contributed by atoms with E-state index in [1.807, 2.05) is 32.9 Å². The molecule has 3 aliphatic rings. The van der Waals surface area contributed by atoms with Crippen molar-refractivity contribution in [3.63, 3.8) is 0 Å². The third kappa shape index (κ3) is 6.08. The van der Waals surface area contributed by atoms with Crippen LogP contribution >= 0.6 is 0 Å². The molecule has 224 valence electrons. The van der Waals surface area contributed by atoms with Gasteiger partial charge in [0.05, 0.1) is 17.1 Å². The molecule has 1 N–H and O–H groups in total. The fourth-order valence-electron chi connectivity index (χ4n) is 5.76. The van der Waals surface area contributed by atoms with Crippen molar-refractivity contribution in [3.05, 3.63) is 28.2 Å². The Kier molecular flexibility index (Phi) is 7.84. The van der Waals surface area contributed by atoms with E-state index in [2.05, 4.69) is 25.0 Å². The lowest BCUT2D eigenvalue weighted by Gasteiger charge is -2.40. The highest BCUT2D eigenvalue weighted by atomic mass is 28.3. The van der Waals surface area contributed by atoms with Crippen molar-refractivity contribution in [2.75, 3.05) is 31.7 Å². The number of imide groups is 1. The largest absolute Gasteiger partial charge is 0.444 e. The van der Waals surface area contributed by atoms with Crippen LogP contribution in [-0.2, 0) is 32.0 Å². The summed E-state index contributed by atoms with van der Waals surface area (Å²) >= 11 is 0. The fraction of sp³-hybridized carbons (Fsp3) is 0.655. The highest BCUT2D eigenvalue weighted by Crippen LogP contribution is 2.35. The Morgan fingerprint density at radius 1 is 1.10 bits per heavy atom. The molecule has 5 rings (SSSR count). The van der Waals surface area contributed by atoms with E-state index in [0.717, 1.165) is 35.7 Å². The molecule has 3 amide bonds. The Hall–Kier alpha value is -3.12. The van der Waals surface area contributed by atoms with Crippen molar-refractivity contribution < 1.29 is 23.9 Å². The third-order valence-corrected chi connectivity index (χ3v) is 9.65. The van der Waals surface area contributed by atoms with E-state index in [9.17, 15) is 19.2 Å². The molecule has 4 heterocycles. The summed E-state index contributed by atoms with van der Waals surface area (Å²) in [5.74, 6) is -0.636. The number of hydrogen-bond acceptors (Lipinski definition) is 7. The van der Waals surface area contributed by atoms with Crippen LogP contribution < -0.4 is 11.0 Å². The second-order valence-corrected chi connectivity index (χ2v) is 19.3. The lowest BCUT2D eigenvalue weighted by Crippen LogP contribution is -2.58. The Balaban J connectivity index is 1.34. The van der Waals surface area contributed by atoms with Crippen LogP contribution in [0.15, 0.2) is 16.9 Å². The Bertz CT molecular complexity index is 1410. The molecule has 0 radical (unpaired) electrons. The quantitative estimate of drug-likeness (QED) is 0.285. The van der Waals surface area contributed by atoms with Crippen LogP contribution in [0.1, 0.15) is 51.6 Å². The van der Waals surface area contributed by atoms with Crippen LogP contribution in [-0.4, -0.2) is 83.0 Å². The number of carbonyl (C=O) groups excluding carboxylic acids is 3. The first-order chi connectivity index (χ1) is 19.2. The summed E-state index contributed by atoms with van der Waals surface area (Å²) in [5, 5.41) is 3.56. The summed E-state index contributed by atoms with van der Waals surface area (Å²) in [6.07, 6.45) is 1.78. The molecule has 0 spiro atoms. The molecule has 0 bridgehead atoms. The predicted molar refractivity (Wildman–Crippen MR) is 159 cm³/mol. The summed E-state index contributed by atoms with van der Waals surface area (Å²) in [4.78, 5) is 55.1. The number of nitrogens with zero attached hydrogens (tertiary/aromatic N) is 4. The first kappa shape index (κ1) is 29.4. The summed E-state index contributed by atoms with van der Waals surface area (Å²) in [5.41, 5.74) is 2.80. The number of carbonyl (C=O) groups is 3. The van der Waals surface area contributed by atoms with Crippen molar-refractivity contribution in [1.29, 1.82) is 0 Å². The number of hydrogen-bond donors (Lipinski definition) is 1. The summed E-state index contributed by atoms with van der Waals surface area (Å²) in [7, 11) is -1.30. The predicted octanol–water partition coefficient (Wildman–Crippen LogP) is 3.78. The number of rotatable bonds is 8. The van der Waals surface area contributed by atoms with Crippen molar-refractivity contribution in [2.45, 2.75) is 96.4 Å². The molecule has 1 aromatic carbocycles. The normalized spacial score (nSPS) is 20.0. The van der Waals surface area contributed by atoms with Gasteiger partial charge < -0.3 is 19.7 Å². The van der Waals surface area contributed by atoms with E-state index >= 15 is 0 Å². The number of anilines is 1. The van der Waals surface area contributed by atoms with Gasteiger partial charge in [-0.05, 0) is 58.2 Å². The molecular formula is C29H43N5O6Si. The molecule has 0 aliphatic carbocycles. The van der Waals surface area contributed by atoms with Crippen LogP contribution in [0.25, 0.3) is 11.0 Å². The van der Waals surface area contributed by atoms with Crippen molar-refractivity contribution >= 4 is 42.7 Å². The van der Waals surface area contributed by atoms with E-state index in [-0.39, 0.29) is 42.8 Å². The average Bonchev–Trinajstić information content (AvgIpc) is 3.13. The molecule has 2 aromatic rings. The van der Waals surface area contributed by atoms with Crippen LogP contribution in [0.3, 0.4) is 0 Å². The Labute approximate surface area is 241 Å². The zero-order valence-corrected chi connectivity index (χ0v) is 26.1. The number of nitrogens with one attached hydrogen (secondary N) is 1. The van der Waals surface area contributed by atoms with Crippen molar-refractivity contribution in [1.82, 2.24) is 18.9 Å². The molecular weight excluding hydrogens is 542 g/mol. The lowest BCUT2D eigenvalue weighted by atomic mass is 10.00. The number of piperidine rings is 1. The average molecular weight is 586 g/mol. The highest BCUT2D eigenvalue weighted by Gasteiger charge is 2.39. The lowest BCUT2D eigenvalue weighted by molar-refractivity contribution is -0.157. The molecule has 1 aromatic heterocycles. The number of amides is 3. The van der Waals surface area contributed by atoms with Gasteiger partial charge in [-0.15, -0.1) is 0 Å². The van der Waals surface area contributed by atoms with Gasteiger partial charge in [0, 0.05) is 52.0 Å². The summed E-state index contributed by atoms with van der Waals surface area (Å²) < 4.78 is 14.6. The van der Waals surface area contributed by atoms with Crippen molar-refractivity contribution in [3.8, 4) is 0 Å². The van der Waals surface area contributed by atoms with Gasteiger partial charge in [-0.25, -0.2) is 9.59 Å². The minimum absolute atomic E-state index is 0.0763. The fourth-order valence-corrected chi connectivity index (χ4v) is 6.51. The second kappa shape index (κ2) is 10.9. The second-order valence-electron chi connectivity index (χ2n) is 13.7. The first-order valence-electron chi connectivity index (χ1n) is 14.7. The van der Waals surface area contributed by atoms with Gasteiger partial charge in [0.1, 0.15) is 18.4 Å². The van der Waals surface area contributed by atoms with Gasteiger partial charge in [-0.2, -0.15) is 0 Å². The van der Waals surface area contributed by atoms with E-state index in [1.165, 1.54) is 4.90 Å². The monoisotopic (exact) mass is 585 g/mol. The minimum Gasteiger partial charge on any atom is -0.444 e. The van der Waals surface area contributed by atoms with E-state index in [4.69, 9.17) is 9.47 Å². The van der Waals surface area contributed by atoms with Gasteiger partial charge in [0.2, 0.25) is 5.91 Å². The van der Waals surface area contributed by atoms with E-state index < -0.39 is 19.7 Å². The number of benzene rings is 1. The van der Waals surface area contributed by atoms with Crippen molar-refractivity contribution in [2.24, 2.45) is 0 Å². The van der Waals surface area contributed by atoms with Crippen LogP contribution in [0.2, 0.25) is 25.7 Å². The maximum atomic E-state index is 13.7. The number of aromatic nitrogens is 2. The number of aryl methyl sites for hydroxylation is 2. The van der Waals surface area contributed by atoms with Gasteiger partial charge in [-0.1, -0.05) is 19.6 Å². The number of likely N-dealkylation sites (tertiary alicyclic amines) is 2. The standard InChI is InChI=1S/C29H43N5O6Si/c1-29(2,3)40-28(38)31-16-19(17-31)30-21-9-10-22-25-20(21)8-7-13-32(25)27(37)34(22)23-11-12-24(35)33(26(23)36)18-39-14-15-41(4,5)6/h9-10,19,23,30H,7-8,11-18H2,1-6H3. The molecule has 11 nitrogen and oxygen atoms in total. The minimum atomic E-state index is -1.30. The maximum Gasteiger partial charge on any atom is 0.410 e. The van der Waals surface area contributed by atoms with Gasteiger partial charge >= 0.3 is 11.8 Å². The molecule has 2 saturated heterocycles. The van der Waals surface area contributed by atoms with Gasteiger partial charge in [-0.3, -0.25) is 23.6 Å². The Morgan fingerprint density at radius 2 is 1.83 bits per heavy atom. The van der Waals surface area contributed by atoms with Crippen LogP contribution in [0, 0.1) is 0 Å². The molecule has 1 unspecified atom stereocenters. The number of imidazole rings is 1. The van der Waals surface area contributed by atoms with Gasteiger partial charge in [0.25, 0.3) is 5.91 Å². The molecule has 41 heavy (non-hydrogen) atoms.